The highest BCUT2D eigenvalue weighted by Gasteiger charge is 2.10. The average Bonchev–Trinajstić information content (AvgIpc) is 2.56. The van der Waals surface area contributed by atoms with Crippen LogP contribution in [-0.4, -0.2) is 15.9 Å². The van der Waals surface area contributed by atoms with Gasteiger partial charge in [-0.1, -0.05) is 53.2 Å². The van der Waals surface area contributed by atoms with E-state index in [1.165, 1.54) is 4.68 Å². The molecule has 0 aliphatic carbocycles. The topological polar surface area (TPSA) is 47.2 Å². The maximum Gasteiger partial charge on any atom is 0.282 e. The predicted molar refractivity (Wildman–Crippen MR) is 97.1 cm³/mol. The molecule has 0 aliphatic rings. The molecule has 4 nitrogen and oxygen atoms in total. The van der Waals surface area contributed by atoms with Crippen LogP contribution in [0.15, 0.2) is 62.9 Å². The number of halogens is 1. The van der Waals surface area contributed by atoms with Gasteiger partial charge in [0.15, 0.2) is 0 Å². The molecular weight excluding hydrogens is 354 g/mol. The van der Waals surface area contributed by atoms with Crippen molar-refractivity contribution in [3.63, 3.8) is 0 Å². The SMILES string of the molecule is CCCc1nc2ccc(Br)cc2c(=O)n1N=Cc1ccccc1. The van der Waals surface area contributed by atoms with Gasteiger partial charge in [-0.2, -0.15) is 9.78 Å². The zero-order chi connectivity index (χ0) is 16.2. The molecule has 0 saturated heterocycles. The largest absolute Gasteiger partial charge is 0.282 e. The Morgan fingerprint density at radius 3 is 2.74 bits per heavy atom. The van der Waals surface area contributed by atoms with Gasteiger partial charge in [-0.25, -0.2) is 4.98 Å². The minimum atomic E-state index is -0.146. The lowest BCUT2D eigenvalue weighted by atomic mass is 10.2. The number of rotatable bonds is 4. The summed E-state index contributed by atoms with van der Waals surface area (Å²) in [7, 11) is 0. The zero-order valence-corrected chi connectivity index (χ0v) is 14.3. The summed E-state index contributed by atoms with van der Waals surface area (Å²) < 4.78 is 2.26. The number of aromatic nitrogens is 2. The molecule has 0 atom stereocenters. The number of hydrogen-bond donors (Lipinski definition) is 0. The highest BCUT2D eigenvalue weighted by molar-refractivity contribution is 9.10. The Balaban J connectivity index is 2.17. The Hall–Kier alpha value is -2.27. The second-order valence-electron chi connectivity index (χ2n) is 5.21. The van der Waals surface area contributed by atoms with E-state index in [-0.39, 0.29) is 5.56 Å². The van der Waals surface area contributed by atoms with Crippen LogP contribution in [0.3, 0.4) is 0 Å². The van der Waals surface area contributed by atoms with Crippen LogP contribution in [0, 0.1) is 0 Å². The maximum atomic E-state index is 12.8. The van der Waals surface area contributed by atoms with Gasteiger partial charge in [0.2, 0.25) is 0 Å². The second kappa shape index (κ2) is 6.87. The van der Waals surface area contributed by atoms with E-state index in [2.05, 4.69) is 32.9 Å². The van der Waals surface area contributed by atoms with E-state index < -0.39 is 0 Å². The van der Waals surface area contributed by atoms with Gasteiger partial charge in [0.1, 0.15) is 5.82 Å². The van der Waals surface area contributed by atoms with Crippen molar-refractivity contribution in [1.29, 1.82) is 0 Å². The number of aryl methyl sites for hydroxylation is 1. The fraction of sp³-hybridized carbons (Fsp3) is 0.167. The summed E-state index contributed by atoms with van der Waals surface area (Å²) in [5.74, 6) is 0.680. The molecule has 0 unspecified atom stereocenters. The van der Waals surface area contributed by atoms with E-state index >= 15 is 0 Å². The van der Waals surface area contributed by atoms with Gasteiger partial charge in [-0.05, 0) is 30.2 Å². The lowest BCUT2D eigenvalue weighted by Gasteiger charge is -2.08. The molecule has 5 heteroatoms. The first kappa shape index (κ1) is 15.6. The normalized spacial score (nSPS) is 11.4. The molecule has 23 heavy (non-hydrogen) atoms. The van der Waals surface area contributed by atoms with Crippen LogP contribution in [0.25, 0.3) is 10.9 Å². The molecule has 0 saturated carbocycles. The van der Waals surface area contributed by atoms with E-state index in [0.717, 1.165) is 16.5 Å². The third-order valence-corrected chi connectivity index (χ3v) is 3.96. The van der Waals surface area contributed by atoms with Gasteiger partial charge in [0.25, 0.3) is 5.56 Å². The minimum Gasteiger partial charge on any atom is -0.267 e. The van der Waals surface area contributed by atoms with Gasteiger partial charge in [0, 0.05) is 10.9 Å². The second-order valence-corrected chi connectivity index (χ2v) is 6.13. The fourth-order valence-corrected chi connectivity index (χ4v) is 2.72. The smallest absolute Gasteiger partial charge is 0.267 e. The number of nitrogens with zero attached hydrogens (tertiary/aromatic N) is 3. The van der Waals surface area contributed by atoms with Crippen LogP contribution in [0.2, 0.25) is 0 Å². The molecule has 0 amide bonds. The van der Waals surface area contributed by atoms with Crippen molar-refractivity contribution in [2.75, 3.05) is 0 Å². The first-order valence-electron chi connectivity index (χ1n) is 7.49. The molecule has 3 aromatic rings. The first-order chi connectivity index (χ1) is 11.2. The van der Waals surface area contributed by atoms with E-state index in [1.807, 2.05) is 42.5 Å². The van der Waals surface area contributed by atoms with Crippen molar-refractivity contribution in [2.45, 2.75) is 19.8 Å². The summed E-state index contributed by atoms with van der Waals surface area (Å²) in [6.07, 6.45) is 3.29. The van der Waals surface area contributed by atoms with Gasteiger partial charge >= 0.3 is 0 Å². The molecule has 116 valence electrons. The van der Waals surface area contributed by atoms with Gasteiger partial charge in [-0.3, -0.25) is 4.79 Å². The van der Waals surface area contributed by atoms with Crippen LogP contribution in [0.4, 0.5) is 0 Å². The summed E-state index contributed by atoms with van der Waals surface area (Å²) in [5, 5.41) is 4.94. The summed E-state index contributed by atoms with van der Waals surface area (Å²) in [4.78, 5) is 17.4. The molecule has 1 heterocycles. The highest BCUT2D eigenvalue weighted by atomic mass is 79.9. The van der Waals surface area contributed by atoms with Crippen LogP contribution in [0.5, 0.6) is 0 Å². The predicted octanol–water partition coefficient (Wildman–Crippen LogP) is 3.99. The molecule has 0 fully saturated rings. The lowest BCUT2D eigenvalue weighted by molar-refractivity contribution is 0.704. The number of benzene rings is 2. The first-order valence-corrected chi connectivity index (χ1v) is 8.29. The van der Waals surface area contributed by atoms with Crippen LogP contribution in [-0.2, 0) is 6.42 Å². The zero-order valence-electron chi connectivity index (χ0n) is 12.7. The average molecular weight is 370 g/mol. The summed E-state index contributed by atoms with van der Waals surface area (Å²) >= 11 is 3.40. The standard InChI is InChI=1S/C18H16BrN3O/c1-2-6-17-21-16-10-9-14(19)11-15(16)18(23)22(17)20-12-13-7-4-3-5-8-13/h3-5,7-12H,2,6H2,1H3. The molecule has 0 N–H and O–H groups in total. The lowest BCUT2D eigenvalue weighted by Crippen LogP contribution is -2.22. The minimum absolute atomic E-state index is 0.146. The molecular formula is C18H16BrN3O. The van der Waals surface area contributed by atoms with Crippen molar-refractivity contribution in [2.24, 2.45) is 5.10 Å². The molecule has 0 bridgehead atoms. The summed E-state index contributed by atoms with van der Waals surface area (Å²) in [6, 6.07) is 15.2. The Kier molecular flexibility index (Phi) is 4.67. The van der Waals surface area contributed by atoms with E-state index in [9.17, 15) is 4.79 Å². The van der Waals surface area contributed by atoms with Crippen LogP contribution in [0.1, 0.15) is 24.7 Å². The Labute approximate surface area is 142 Å². The molecule has 0 aliphatic heterocycles. The van der Waals surface area contributed by atoms with E-state index in [0.29, 0.717) is 23.1 Å². The van der Waals surface area contributed by atoms with Crippen LogP contribution < -0.4 is 5.56 Å². The maximum absolute atomic E-state index is 12.8. The number of hydrogen-bond acceptors (Lipinski definition) is 3. The monoisotopic (exact) mass is 369 g/mol. The summed E-state index contributed by atoms with van der Waals surface area (Å²) in [6.45, 7) is 2.06. The van der Waals surface area contributed by atoms with Crippen molar-refractivity contribution in [1.82, 2.24) is 9.66 Å². The highest BCUT2D eigenvalue weighted by Crippen LogP contribution is 2.16. The van der Waals surface area contributed by atoms with Gasteiger partial charge in [-0.15, -0.1) is 0 Å². The molecule has 0 spiro atoms. The van der Waals surface area contributed by atoms with E-state index in [1.54, 1.807) is 12.3 Å². The molecule has 2 aromatic carbocycles. The molecule has 1 aromatic heterocycles. The fourth-order valence-electron chi connectivity index (χ4n) is 2.36. The third-order valence-electron chi connectivity index (χ3n) is 3.47. The Morgan fingerprint density at radius 1 is 1.22 bits per heavy atom. The quantitative estimate of drug-likeness (QED) is 0.652. The Morgan fingerprint density at radius 2 is 2.00 bits per heavy atom. The molecule has 3 rings (SSSR count). The van der Waals surface area contributed by atoms with Crippen molar-refractivity contribution >= 4 is 33.0 Å². The Bertz CT molecular complexity index is 917. The number of fused-ring (bicyclic) bond motifs is 1. The summed E-state index contributed by atoms with van der Waals surface area (Å²) in [5.41, 5.74) is 1.50. The van der Waals surface area contributed by atoms with Gasteiger partial charge < -0.3 is 0 Å². The molecule has 0 radical (unpaired) electrons. The third kappa shape index (κ3) is 3.40. The van der Waals surface area contributed by atoms with Crippen molar-refractivity contribution in [3.8, 4) is 0 Å². The van der Waals surface area contributed by atoms with E-state index in [4.69, 9.17) is 0 Å². The van der Waals surface area contributed by atoms with Crippen molar-refractivity contribution < 1.29 is 0 Å². The van der Waals surface area contributed by atoms with Crippen molar-refractivity contribution in [3.05, 3.63) is 74.7 Å². The van der Waals surface area contributed by atoms with Gasteiger partial charge in [0.05, 0.1) is 17.1 Å². The van der Waals surface area contributed by atoms with Crippen LogP contribution >= 0.6 is 15.9 Å².